The molecule has 1 fully saturated rings. The van der Waals surface area contributed by atoms with Gasteiger partial charge in [0.15, 0.2) is 0 Å². The predicted octanol–water partition coefficient (Wildman–Crippen LogP) is 2.35. The second-order valence-corrected chi connectivity index (χ2v) is 5.42. The maximum Gasteiger partial charge on any atom is 0.237 e. The zero-order valence-corrected chi connectivity index (χ0v) is 12.1. The fourth-order valence-corrected chi connectivity index (χ4v) is 2.82. The fourth-order valence-electron chi connectivity index (χ4n) is 2.63. The molecular formula is C15H21ClN2O. The number of likely N-dealkylation sites (N-methyl/N-ethyl adjacent to an activating group) is 1. The number of likely N-dealkylation sites (tertiary alicyclic amines) is 1. The molecule has 1 amide bonds. The summed E-state index contributed by atoms with van der Waals surface area (Å²) >= 11 is 5.63. The second-order valence-electron chi connectivity index (χ2n) is 5.16. The second kappa shape index (κ2) is 6.92. The average Bonchev–Trinajstić information content (AvgIpc) is 2.47. The Balaban J connectivity index is 1.92. The first-order valence-electron chi connectivity index (χ1n) is 6.78. The molecule has 0 spiro atoms. The third-order valence-electron chi connectivity index (χ3n) is 3.79. The van der Waals surface area contributed by atoms with E-state index in [4.69, 9.17) is 11.6 Å². The average molecular weight is 281 g/mol. The van der Waals surface area contributed by atoms with Gasteiger partial charge in [0.2, 0.25) is 5.91 Å². The van der Waals surface area contributed by atoms with Crippen LogP contribution in [0.5, 0.6) is 0 Å². The summed E-state index contributed by atoms with van der Waals surface area (Å²) in [6.45, 7) is 3.00. The van der Waals surface area contributed by atoms with E-state index in [9.17, 15) is 4.79 Å². The van der Waals surface area contributed by atoms with Crippen molar-refractivity contribution in [2.24, 2.45) is 0 Å². The summed E-state index contributed by atoms with van der Waals surface area (Å²) in [6, 6.07) is 10.8. The van der Waals surface area contributed by atoms with Crippen LogP contribution in [0.4, 0.5) is 0 Å². The number of benzene rings is 1. The van der Waals surface area contributed by atoms with Gasteiger partial charge in [-0.05, 0) is 24.9 Å². The van der Waals surface area contributed by atoms with E-state index < -0.39 is 0 Å². The van der Waals surface area contributed by atoms with Crippen LogP contribution in [0.1, 0.15) is 18.4 Å². The molecule has 1 unspecified atom stereocenters. The van der Waals surface area contributed by atoms with Crippen LogP contribution in [0.3, 0.4) is 0 Å². The number of rotatable bonds is 4. The van der Waals surface area contributed by atoms with Gasteiger partial charge in [-0.15, -0.1) is 11.6 Å². The van der Waals surface area contributed by atoms with Crippen molar-refractivity contribution in [3.8, 4) is 0 Å². The van der Waals surface area contributed by atoms with Gasteiger partial charge in [-0.3, -0.25) is 9.69 Å². The Labute approximate surface area is 120 Å². The molecule has 0 N–H and O–H groups in total. The van der Waals surface area contributed by atoms with Gasteiger partial charge in [-0.25, -0.2) is 0 Å². The lowest BCUT2D eigenvalue weighted by Crippen LogP contribution is -2.48. The first kappa shape index (κ1) is 14.4. The van der Waals surface area contributed by atoms with E-state index in [-0.39, 0.29) is 11.8 Å². The Hall–Kier alpha value is -1.06. The fraction of sp³-hybridized carbons (Fsp3) is 0.533. The topological polar surface area (TPSA) is 23.6 Å². The van der Waals surface area contributed by atoms with Crippen molar-refractivity contribution >= 4 is 17.5 Å². The van der Waals surface area contributed by atoms with Gasteiger partial charge in [0.1, 0.15) is 5.88 Å². The summed E-state index contributed by atoms with van der Waals surface area (Å²) in [4.78, 5) is 15.9. The zero-order chi connectivity index (χ0) is 13.7. The highest BCUT2D eigenvalue weighted by atomic mass is 35.5. The number of carbonyl (C=O) groups excluding carboxylic acids is 1. The number of halogens is 1. The quantitative estimate of drug-likeness (QED) is 0.791. The Morgan fingerprint density at radius 2 is 2.16 bits per heavy atom. The molecule has 104 valence electrons. The molecule has 1 atom stereocenters. The lowest BCUT2D eigenvalue weighted by Gasteiger charge is -2.37. The van der Waals surface area contributed by atoms with E-state index in [0.29, 0.717) is 6.04 Å². The van der Waals surface area contributed by atoms with Gasteiger partial charge < -0.3 is 4.90 Å². The minimum atomic E-state index is 0.0215. The molecule has 4 heteroatoms. The van der Waals surface area contributed by atoms with Gasteiger partial charge in [0.05, 0.1) is 0 Å². The van der Waals surface area contributed by atoms with Gasteiger partial charge in [0.25, 0.3) is 0 Å². The minimum Gasteiger partial charge on any atom is -0.340 e. The van der Waals surface area contributed by atoms with E-state index in [0.717, 1.165) is 32.5 Å². The monoisotopic (exact) mass is 280 g/mol. The molecule has 1 aliphatic rings. The number of hydrogen-bond donors (Lipinski definition) is 0. The van der Waals surface area contributed by atoms with Crippen LogP contribution in [-0.4, -0.2) is 47.8 Å². The Kier molecular flexibility index (Phi) is 5.23. The predicted molar refractivity (Wildman–Crippen MR) is 78.2 cm³/mol. The van der Waals surface area contributed by atoms with Gasteiger partial charge in [-0.2, -0.15) is 0 Å². The minimum absolute atomic E-state index is 0.0215. The molecule has 1 heterocycles. The van der Waals surface area contributed by atoms with Gasteiger partial charge in [-0.1, -0.05) is 30.3 Å². The van der Waals surface area contributed by atoms with Crippen LogP contribution in [0.25, 0.3) is 0 Å². The third kappa shape index (κ3) is 3.95. The van der Waals surface area contributed by atoms with E-state index in [1.807, 2.05) is 18.0 Å². The van der Waals surface area contributed by atoms with Gasteiger partial charge >= 0.3 is 0 Å². The molecule has 0 radical (unpaired) electrons. The Morgan fingerprint density at radius 3 is 2.84 bits per heavy atom. The van der Waals surface area contributed by atoms with Crippen molar-refractivity contribution in [3.63, 3.8) is 0 Å². The van der Waals surface area contributed by atoms with Crippen molar-refractivity contribution in [2.75, 3.05) is 26.0 Å². The molecule has 3 nitrogen and oxygen atoms in total. The molecule has 0 aromatic heterocycles. The normalized spacial score (nSPS) is 20.2. The van der Waals surface area contributed by atoms with Gasteiger partial charge in [0, 0.05) is 26.2 Å². The molecule has 0 aliphatic carbocycles. The molecule has 2 rings (SSSR count). The zero-order valence-electron chi connectivity index (χ0n) is 11.4. The van der Waals surface area contributed by atoms with E-state index in [1.165, 1.54) is 5.56 Å². The number of piperidine rings is 1. The molecule has 0 bridgehead atoms. The smallest absolute Gasteiger partial charge is 0.237 e. The number of hydrogen-bond acceptors (Lipinski definition) is 2. The van der Waals surface area contributed by atoms with Crippen LogP contribution in [0.2, 0.25) is 0 Å². The molecule has 1 aromatic carbocycles. The summed E-state index contributed by atoms with van der Waals surface area (Å²) in [5.74, 6) is 0.0966. The van der Waals surface area contributed by atoms with E-state index in [1.54, 1.807) is 0 Å². The molecule has 0 saturated carbocycles. The van der Waals surface area contributed by atoms with Crippen LogP contribution in [0, 0.1) is 0 Å². The first-order chi connectivity index (χ1) is 9.20. The number of nitrogens with zero attached hydrogens (tertiary/aromatic N) is 2. The van der Waals surface area contributed by atoms with Crippen molar-refractivity contribution < 1.29 is 4.79 Å². The highest BCUT2D eigenvalue weighted by Crippen LogP contribution is 2.17. The van der Waals surface area contributed by atoms with Crippen molar-refractivity contribution in [1.82, 2.24) is 9.80 Å². The lowest BCUT2D eigenvalue weighted by atomic mass is 10.0. The lowest BCUT2D eigenvalue weighted by molar-refractivity contribution is -0.130. The van der Waals surface area contributed by atoms with Crippen LogP contribution in [0.15, 0.2) is 30.3 Å². The van der Waals surface area contributed by atoms with Crippen LogP contribution in [-0.2, 0) is 11.3 Å². The molecule has 1 aromatic rings. The SMILES string of the molecule is CN(C(=O)CCl)C1CCCN(Cc2ccccc2)C1. The molecule has 1 aliphatic heterocycles. The molecule has 1 saturated heterocycles. The molecule has 19 heavy (non-hydrogen) atoms. The highest BCUT2D eigenvalue weighted by molar-refractivity contribution is 6.27. The Morgan fingerprint density at radius 1 is 1.42 bits per heavy atom. The summed E-state index contributed by atoms with van der Waals surface area (Å²) in [5.41, 5.74) is 1.33. The number of carbonyl (C=O) groups is 1. The summed E-state index contributed by atoms with van der Waals surface area (Å²) in [5, 5.41) is 0. The highest BCUT2D eigenvalue weighted by Gasteiger charge is 2.25. The van der Waals surface area contributed by atoms with E-state index >= 15 is 0 Å². The summed E-state index contributed by atoms with van der Waals surface area (Å²) < 4.78 is 0. The third-order valence-corrected chi connectivity index (χ3v) is 4.01. The van der Waals surface area contributed by atoms with Crippen molar-refractivity contribution in [1.29, 1.82) is 0 Å². The summed E-state index contributed by atoms with van der Waals surface area (Å²) in [6.07, 6.45) is 2.21. The number of alkyl halides is 1. The summed E-state index contributed by atoms with van der Waals surface area (Å²) in [7, 11) is 1.86. The maximum atomic E-state index is 11.7. The number of amides is 1. The standard InChI is InChI=1S/C15H21ClN2O/c1-17(15(19)10-16)14-8-5-9-18(12-14)11-13-6-3-2-4-7-13/h2-4,6-7,14H,5,8-12H2,1H3. The van der Waals surface area contributed by atoms with E-state index in [2.05, 4.69) is 29.2 Å². The van der Waals surface area contributed by atoms with Crippen LogP contribution < -0.4 is 0 Å². The Bertz CT molecular complexity index is 410. The largest absolute Gasteiger partial charge is 0.340 e. The van der Waals surface area contributed by atoms with Crippen molar-refractivity contribution in [3.05, 3.63) is 35.9 Å². The van der Waals surface area contributed by atoms with Crippen molar-refractivity contribution in [2.45, 2.75) is 25.4 Å². The molecular weight excluding hydrogens is 260 g/mol. The van der Waals surface area contributed by atoms with Crippen LogP contribution >= 0.6 is 11.6 Å². The maximum absolute atomic E-state index is 11.7. The first-order valence-corrected chi connectivity index (χ1v) is 7.32.